The zero-order chi connectivity index (χ0) is 11.8. The molecule has 0 aromatic heterocycles. The van der Waals surface area contributed by atoms with Gasteiger partial charge in [0.05, 0.1) is 6.61 Å². The molecule has 0 amide bonds. The summed E-state index contributed by atoms with van der Waals surface area (Å²) in [5, 5.41) is 8.62. The van der Waals surface area contributed by atoms with Gasteiger partial charge < -0.3 is 9.84 Å². The average molecular weight is 222 g/mol. The van der Waals surface area contributed by atoms with Crippen molar-refractivity contribution >= 4 is 5.78 Å². The maximum absolute atomic E-state index is 11.0. The maximum Gasteiger partial charge on any atom is 0.162 e. The lowest BCUT2D eigenvalue weighted by Crippen LogP contribution is -2.07. The number of ether oxygens (including phenoxy) is 1. The molecular weight excluding hydrogens is 204 g/mol. The van der Waals surface area contributed by atoms with Gasteiger partial charge in [0, 0.05) is 6.42 Å². The Morgan fingerprint density at radius 2 is 2.00 bits per heavy atom. The van der Waals surface area contributed by atoms with Gasteiger partial charge in [0.1, 0.15) is 12.4 Å². The van der Waals surface area contributed by atoms with Gasteiger partial charge in [-0.05, 0) is 24.1 Å². The monoisotopic (exact) mass is 222 g/mol. The number of rotatable bonds is 7. The van der Waals surface area contributed by atoms with Crippen molar-refractivity contribution in [1.82, 2.24) is 0 Å². The fourth-order valence-electron chi connectivity index (χ4n) is 1.32. The molecular formula is C13H18O3. The zero-order valence-electron chi connectivity index (χ0n) is 9.61. The second-order valence-electron chi connectivity index (χ2n) is 3.72. The minimum atomic E-state index is -0.394. The Bertz CT molecular complexity index is 316. The van der Waals surface area contributed by atoms with Crippen LogP contribution >= 0.6 is 0 Å². The molecule has 1 rings (SSSR count). The van der Waals surface area contributed by atoms with Gasteiger partial charge in [-0.15, -0.1) is 0 Å². The number of aliphatic hydroxyl groups excluding tert-OH is 1. The van der Waals surface area contributed by atoms with E-state index in [1.807, 2.05) is 24.3 Å². The van der Waals surface area contributed by atoms with Crippen LogP contribution in [0.15, 0.2) is 24.3 Å². The third-order valence-electron chi connectivity index (χ3n) is 2.27. The molecule has 0 atom stereocenters. The molecule has 16 heavy (non-hydrogen) atoms. The lowest BCUT2D eigenvalue weighted by molar-refractivity contribution is -0.121. The van der Waals surface area contributed by atoms with Crippen LogP contribution in [0.5, 0.6) is 5.75 Å². The Morgan fingerprint density at radius 3 is 2.56 bits per heavy atom. The van der Waals surface area contributed by atoms with Crippen LogP contribution in [0.4, 0.5) is 0 Å². The van der Waals surface area contributed by atoms with E-state index in [1.54, 1.807) is 0 Å². The number of hydrogen-bond acceptors (Lipinski definition) is 3. The summed E-state index contributed by atoms with van der Waals surface area (Å²) in [6.45, 7) is 2.45. The number of aliphatic hydroxyl groups is 1. The highest BCUT2D eigenvalue weighted by Crippen LogP contribution is 2.13. The van der Waals surface area contributed by atoms with Crippen LogP contribution in [0.25, 0.3) is 0 Å². The van der Waals surface area contributed by atoms with Crippen LogP contribution in [0, 0.1) is 0 Å². The summed E-state index contributed by atoms with van der Waals surface area (Å²) in [6.07, 6.45) is 2.44. The fourth-order valence-corrected chi connectivity index (χ4v) is 1.32. The van der Waals surface area contributed by atoms with Crippen molar-refractivity contribution in [1.29, 1.82) is 0 Å². The predicted molar refractivity (Wildman–Crippen MR) is 62.6 cm³/mol. The minimum Gasteiger partial charge on any atom is -0.494 e. The van der Waals surface area contributed by atoms with Crippen molar-refractivity contribution in [3.63, 3.8) is 0 Å². The molecule has 0 unspecified atom stereocenters. The van der Waals surface area contributed by atoms with Crippen LogP contribution in [0.1, 0.15) is 25.3 Å². The van der Waals surface area contributed by atoms with Gasteiger partial charge in [0.2, 0.25) is 0 Å². The van der Waals surface area contributed by atoms with Gasteiger partial charge in [-0.25, -0.2) is 0 Å². The third-order valence-corrected chi connectivity index (χ3v) is 2.27. The Balaban J connectivity index is 2.44. The van der Waals surface area contributed by atoms with Crippen molar-refractivity contribution in [2.24, 2.45) is 0 Å². The molecule has 1 N–H and O–H groups in total. The molecule has 0 aliphatic carbocycles. The quantitative estimate of drug-likeness (QED) is 0.717. The smallest absolute Gasteiger partial charge is 0.162 e. The molecule has 0 saturated carbocycles. The Morgan fingerprint density at radius 1 is 1.31 bits per heavy atom. The molecule has 0 heterocycles. The second kappa shape index (κ2) is 7.01. The molecule has 3 nitrogen and oxygen atoms in total. The Hall–Kier alpha value is -1.35. The number of benzene rings is 1. The fraction of sp³-hybridized carbons (Fsp3) is 0.462. The highest BCUT2D eigenvalue weighted by molar-refractivity contribution is 5.81. The first kappa shape index (κ1) is 12.7. The summed E-state index contributed by atoms with van der Waals surface area (Å²) in [6, 6.07) is 7.43. The molecule has 1 aromatic rings. The predicted octanol–water partition coefficient (Wildman–Crippen LogP) is 1.97. The number of Topliss-reactive ketones (excluding diaryl/α,β-unsaturated/α-hetero) is 1. The van der Waals surface area contributed by atoms with Crippen molar-refractivity contribution in [3.05, 3.63) is 29.8 Å². The lowest BCUT2D eigenvalue weighted by atomic mass is 10.1. The van der Waals surface area contributed by atoms with E-state index in [-0.39, 0.29) is 12.2 Å². The summed E-state index contributed by atoms with van der Waals surface area (Å²) >= 11 is 0. The molecule has 88 valence electrons. The van der Waals surface area contributed by atoms with E-state index >= 15 is 0 Å². The molecule has 0 saturated heterocycles. The van der Waals surface area contributed by atoms with Gasteiger partial charge in [-0.3, -0.25) is 4.79 Å². The summed E-state index contributed by atoms with van der Waals surface area (Å²) in [5.74, 6) is 0.660. The average Bonchev–Trinajstić information content (AvgIpc) is 2.31. The summed E-state index contributed by atoms with van der Waals surface area (Å²) in [7, 11) is 0. The first-order valence-corrected chi connectivity index (χ1v) is 5.60. The van der Waals surface area contributed by atoms with Crippen molar-refractivity contribution in [2.45, 2.75) is 26.2 Å². The van der Waals surface area contributed by atoms with E-state index in [4.69, 9.17) is 9.84 Å². The Kier molecular flexibility index (Phi) is 5.57. The molecule has 0 radical (unpaired) electrons. The van der Waals surface area contributed by atoms with Gasteiger partial charge >= 0.3 is 0 Å². The highest BCUT2D eigenvalue weighted by Gasteiger charge is 2.01. The van der Waals surface area contributed by atoms with Gasteiger partial charge in [-0.1, -0.05) is 25.5 Å². The van der Waals surface area contributed by atoms with E-state index in [1.165, 1.54) is 0 Å². The molecule has 0 aliphatic heterocycles. The highest BCUT2D eigenvalue weighted by atomic mass is 16.5. The standard InChI is InChI=1S/C13H18O3/c1-2-3-8-16-13-6-4-11(5-7-13)9-12(15)10-14/h4-7,14H,2-3,8-10H2,1H3. The van der Waals surface area contributed by atoms with Crippen LogP contribution in [0.3, 0.4) is 0 Å². The third kappa shape index (κ3) is 4.45. The van der Waals surface area contributed by atoms with Gasteiger partial charge in [-0.2, -0.15) is 0 Å². The van der Waals surface area contributed by atoms with Gasteiger partial charge in [0.15, 0.2) is 5.78 Å². The minimum absolute atomic E-state index is 0.167. The first-order chi connectivity index (χ1) is 7.76. The number of hydrogen-bond donors (Lipinski definition) is 1. The summed E-state index contributed by atoms with van der Waals surface area (Å²) < 4.78 is 5.50. The van der Waals surface area contributed by atoms with Crippen LogP contribution in [-0.2, 0) is 11.2 Å². The van der Waals surface area contributed by atoms with Crippen molar-refractivity contribution < 1.29 is 14.6 Å². The Labute approximate surface area is 96.1 Å². The second-order valence-corrected chi connectivity index (χ2v) is 3.72. The molecule has 0 spiro atoms. The first-order valence-electron chi connectivity index (χ1n) is 5.60. The van der Waals surface area contributed by atoms with Crippen LogP contribution in [0.2, 0.25) is 0 Å². The lowest BCUT2D eigenvalue weighted by Gasteiger charge is -2.05. The molecule has 0 bridgehead atoms. The maximum atomic E-state index is 11.0. The summed E-state index contributed by atoms with van der Waals surface area (Å²) in [4.78, 5) is 11.0. The van der Waals surface area contributed by atoms with E-state index < -0.39 is 6.61 Å². The van der Waals surface area contributed by atoms with E-state index in [2.05, 4.69) is 6.92 Å². The number of ketones is 1. The topological polar surface area (TPSA) is 46.5 Å². The summed E-state index contributed by atoms with van der Waals surface area (Å²) in [5.41, 5.74) is 0.905. The number of carbonyl (C=O) groups excluding carboxylic acids is 1. The molecule has 0 fully saturated rings. The molecule has 1 aromatic carbocycles. The van der Waals surface area contributed by atoms with Crippen molar-refractivity contribution in [3.8, 4) is 5.75 Å². The number of carbonyl (C=O) groups is 1. The molecule has 3 heteroatoms. The van der Waals surface area contributed by atoms with Crippen molar-refractivity contribution in [2.75, 3.05) is 13.2 Å². The normalized spacial score (nSPS) is 10.1. The van der Waals surface area contributed by atoms with E-state index in [0.717, 1.165) is 30.8 Å². The van der Waals surface area contributed by atoms with Gasteiger partial charge in [0.25, 0.3) is 0 Å². The van der Waals surface area contributed by atoms with Crippen LogP contribution < -0.4 is 4.74 Å². The number of unbranched alkanes of at least 4 members (excludes halogenated alkanes) is 1. The van der Waals surface area contributed by atoms with Crippen LogP contribution in [-0.4, -0.2) is 24.1 Å². The SMILES string of the molecule is CCCCOc1ccc(CC(=O)CO)cc1. The molecule has 0 aliphatic rings. The zero-order valence-corrected chi connectivity index (χ0v) is 9.61. The van der Waals surface area contributed by atoms with E-state index in [9.17, 15) is 4.79 Å². The van der Waals surface area contributed by atoms with E-state index in [0.29, 0.717) is 0 Å². The largest absolute Gasteiger partial charge is 0.494 e.